The molecule has 2 N–H and O–H groups in total. The van der Waals surface area contributed by atoms with E-state index in [9.17, 15) is 9.90 Å². The first-order chi connectivity index (χ1) is 10.1. The van der Waals surface area contributed by atoms with Crippen LogP contribution < -0.4 is 10.1 Å². The first-order valence-electron chi connectivity index (χ1n) is 7.57. The number of aryl methyl sites for hydroxylation is 1. The second kappa shape index (κ2) is 7.31. The molecule has 0 saturated carbocycles. The van der Waals surface area contributed by atoms with Gasteiger partial charge in [-0.15, -0.1) is 0 Å². The lowest BCUT2D eigenvalue weighted by Gasteiger charge is -2.30. The molecule has 21 heavy (non-hydrogen) atoms. The summed E-state index contributed by atoms with van der Waals surface area (Å²) in [4.78, 5) is 13.9. The third-order valence-electron chi connectivity index (χ3n) is 3.52. The highest BCUT2D eigenvalue weighted by Crippen LogP contribution is 2.26. The number of hydrogen-bond donors (Lipinski definition) is 2. The van der Waals surface area contributed by atoms with Gasteiger partial charge >= 0.3 is 6.03 Å². The Morgan fingerprint density at radius 3 is 3.05 bits per heavy atom. The predicted octanol–water partition coefficient (Wildman–Crippen LogP) is 2.77. The molecule has 0 aliphatic carbocycles. The summed E-state index contributed by atoms with van der Waals surface area (Å²) in [5, 5.41) is 12.5. The molecule has 1 heterocycles. The average molecular weight is 292 g/mol. The van der Waals surface area contributed by atoms with Crippen LogP contribution in [0.15, 0.2) is 18.2 Å². The molecule has 116 valence electrons. The zero-order chi connectivity index (χ0) is 15.2. The highest BCUT2D eigenvalue weighted by atomic mass is 16.5. The van der Waals surface area contributed by atoms with Crippen molar-refractivity contribution in [2.75, 3.05) is 25.0 Å². The van der Waals surface area contributed by atoms with Crippen molar-refractivity contribution in [1.29, 1.82) is 0 Å². The van der Waals surface area contributed by atoms with Crippen molar-refractivity contribution in [2.45, 2.75) is 39.2 Å². The van der Waals surface area contributed by atoms with Gasteiger partial charge in [-0.3, -0.25) is 0 Å². The van der Waals surface area contributed by atoms with Gasteiger partial charge in [0.25, 0.3) is 0 Å². The van der Waals surface area contributed by atoms with Crippen LogP contribution in [0.1, 0.15) is 31.7 Å². The summed E-state index contributed by atoms with van der Waals surface area (Å²) in [6.45, 7) is 5.73. The van der Waals surface area contributed by atoms with Gasteiger partial charge in [-0.05, 0) is 43.9 Å². The average Bonchev–Trinajstić information content (AvgIpc) is 2.47. The number of carbonyl (C=O) groups is 1. The van der Waals surface area contributed by atoms with Gasteiger partial charge in [0.15, 0.2) is 0 Å². The smallest absolute Gasteiger partial charge is 0.322 e. The number of β-amino-alcohol motifs (C(OH)–C–C–N with tert-alkyl or cyclic N) is 1. The number of aliphatic hydroxyl groups is 1. The lowest BCUT2D eigenvalue weighted by molar-refractivity contribution is 0.0883. The van der Waals surface area contributed by atoms with Gasteiger partial charge in [-0.1, -0.05) is 13.0 Å². The highest BCUT2D eigenvalue weighted by Gasteiger charge is 2.22. The predicted molar refractivity (Wildman–Crippen MR) is 82.8 cm³/mol. The number of anilines is 1. The maximum atomic E-state index is 12.3. The summed E-state index contributed by atoms with van der Waals surface area (Å²) in [5.41, 5.74) is 1.77. The molecule has 1 aliphatic heterocycles. The Kier molecular flexibility index (Phi) is 5.44. The van der Waals surface area contributed by atoms with Crippen LogP contribution in [0.4, 0.5) is 10.5 Å². The molecule has 0 aromatic heterocycles. The number of amides is 2. The molecule has 5 nitrogen and oxygen atoms in total. The van der Waals surface area contributed by atoms with Crippen LogP contribution in [0.3, 0.4) is 0 Å². The van der Waals surface area contributed by atoms with Crippen molar-refractivity contribution in [3.8, 4) is 5.75 Å². The van der Waals surface area contributed by atoms with Gasteiger partial charge in [-0.25, -0.2) is 4.79 Å². The highest BCUT2D eigenvalue weighted by molar-refractivity contribution is 5.91. The largest absolute Gasteiger partial charge is 0.491 e. The number of rotatable bonds is 4. The second-order valence-electron chi connectivity index (χ2n) is 5.52. The number of aliphatic hydroxyl groups excluding tert-OH is 1. The van der Waals surface area contributed by atoms with E-state index in [4.69, 9.17) is 4.74 Å². The monoisotopic (exact) mass is 292 g/mol. The van der Waals surface area contributed by atoms with E-state index in [1.165, 1.54) is 0 Å². The summed E-state index contributed by atoms with van der Waals surface area (Å²) in [5.74, 6) is 0.697. The van der Waals surface area contributed by atoms with Crippen molar-refractivity contribution < 1.29 is 14.6 Å². The SMILES string of the molecule is CCCOc1cc(C)ccc1NC(=O)N1CCC[C@H](O)C1. The lowest BCUT2D eigenvalue weighted by Crippen LogP contribution is -2.44. The molecular weight excluding hydrogens is 268 g/mol. The molecule has 0 radical (unpaired) electrons. The van der Waals surface area contributed by atoms with Gasteiger partial charge in [-0.2, -0.15) is 0 Å². The summed E-state index contributed by atoms with van der Waals surface area (Å²) in [7, 11) is 0. The lowest BCUT2D eigenvalue weighted by atomic mass is 10.1. The Labute approximate surface area is 125 Å². The zero-order valence-corrected chi connectivity index (χ0v) is 12.8. The number of nitrogens with one attached hydrogen (secondary N) is 1. The second-order valence-corrected chi connectivity index (χ2v) is 5.52. The van der Waals surface area contributed by atoms with Gasteiger partial charge < -0.3 is 20.1 Å². The molecule has 0 unspecified atom stereocenters. The Hall–Kier alpha value is -1.75. The van der Waals surface area contributed by atoms with E-state index in [0.717, 1.165) is 24.8 Å². The summed E-state index contributed by atoms with van der Waals surface area (Å²) < 4.78 is 5.69. The normalized spacial score (nSPS) is 18.4. The van der Waals surface area contributed by atoms with Crippen LogP contribution in [0.2, 0.25) is 0 Å². The topological polar surface area (TPSA) is 61.8 Å². The number of nitrogens with zero attached hydrogens (tertiary/aromatic N) is 1. The number of carbonyl (C=O) groups excluding carboxylic acids is 1. The molecule has 1 aromatic carbocycles. The minimum atomic E-state index is -0.418. The van der Waals surface area contributed by atoms with Crippen molar-refractivity contribution >= 4 is 11.7 Å². The summed E-state index contributed by atoms with van der Waals surface area (Å²) in [6, 6.07) is 5.55. The van der Waals surface area contributed by atoms with Gasteiger partial charge in [0.05, 0.1) is 18.4 Å². The molecule has 1 aliphatic rings. The maximum Gasteiger partial charge on any atom is 0.322 e. The van der Waals surface area contributed by atoms with Crippen LogP contribution in [0, 0.1) is 6.92 Å². The van der Waals surface area contributed by atoms with E-state index in [1.54, 1.807) is 4.90 Å². The Bertz CT molecular complexity index is 490. The van der Waals surface area contributed by atoms with Crippen molar-refractivity contribution in [3.05, 3.63) is 23.8 Å². The molecular formula is C16H24N2O3. The molecule has 0 spiro atoms. The van der Waals surface area contributed by atoms with Crippen molar-refractivity contribution in [1.82, 2.24) is 4.90 Å². The third kappa shape index (κ3) is 4.36. The number of likely N-dealkylation sites (tertiary alicyclic amines) is 1. The fourth-order valence-electron chi connectivity index (χ4n) is 2.40. The van der Waals surface area contributed by atoms with E-state index < -0.39 is 6.10 Å². The van der Waals surface area contributed by atoms with Crippen LogP contribution >= 0.6 is 0 Å². The third-order valence-corrected chi connectivity index (χ3v) is 3.52. The quantitative estimate of drug-likeness (QED) is 0.897. The summed E-state index contributed by atoms with van der Waals surface area (Å²) in [6.07, 6.45) is 2.10. The number of ether oxygens (including phenoxy) is 1. The molecule has 2 rings (SSSR count). The Morgan fingerprint density at radius 2 is 2.33 bits per heavy atom. The number of benzene rings is 1. The number of hydrogen-bond acceptors (Lipinski definition) is 3. The maximum absolute atomic E-state index is 12.3. The standard InChI is InChI=1S/C16H24N2O3/c1-3-9-21-15-10-12(2)6-7-14(15)17-16(20)18-8-4-5-13(19)11-18/h6-7,10,13,19H,3-5,8-9,11H2,1-2H3,(H,17,20)/t13-/m0/s1. The van der Waals surface area contributed by atoms with Crippen molar-refractivity contribution in [2.24, 2.45) is 0 Å². The summed E-state index contributed by atoms with van der Waals surface area (Å²) >= 11 is 0. The zero-order valence-electron chi connectivity index (χ0n) is 12.8. The fourth-order valence-corrected chi connectivity index (χ4v) is 2.40. The Balaban J connectivity index is 2.05. The molecule has 1 saturated heterocycles. The van der Waals surface area contributed by atoms with Gasteiger partial charge in [0.2, 0.25) is 0 Å². The minimum absolute atomic E-state index is 0.182. The van der Waals surface area contributed by atoms with E-state index in [0.29, 0.717) is 31.1 Å². The van der Waals surface area contributed by atoms with Crippen LogP contribution in [-0.2, 0) is 0 Å². The molecule has 2 amide bonds. The number of piperidine rings is 1. The molecule has 0 bridgehead atoms. The molecule has 5 heteroatoms. The van der Waals surface area contributed by atoms with Gasteiger partial charge in [0.1, 0.15) is 5.75 Å². The van der Waals surface area contributed by atoms with E-state index in [1.807, 2.05) is 32.0 Å². The molecule has 1 fully saturated rings. The molecule has 1 atom stereocenters. The minimum Gasteiger partial charge on any atom is -0.491 e. The Morgan fingerprint density at radius 1 is 1.52 bits per heavy atom. The first kappa shape index (κ1) is 15.6. The van der Waals surface area contributed by atoms with E-state index >= 15 is 0 Å². The fraction of sp³-hybridized carbons (Fsp3) is 0.562. The van der Waals surface area contributed by atoms with E-state index in [2.05, 4.69) is 5.32 Å². The number of urea groups is 1. The van der Waals surface area contributed by atoms with Crippen LogP contribution in [-0.4, -0.2) is 41.8 Å². The van der Waals surface area contributed by atoms with Crippen molar-refractivity contribution in [3.63, 3.8) is 0 Å². The van der Waals surface area contributed by atoms with E-state index in [-0.39, 0.29) is 6.03 Å². The van der Waals surface area contributed by atoms with Crippen LogP contribution in [0.25, 0.3) is 0 Å². The van der Waals surface area contributed by atoms with Crippen LogP contribution in [0.5, 0.6) is 5.75 Å². The molecule has 1 aromatic rings. The van der Waals surface area contributed by atoms with Gasteiger partial charge in [0, 0.05) is 13.1 Å². The first-order valence-corrected chi connectivity index (χ1v) is 7.57.